The molecule has 0 aromatic rings. The Balaban J connectivity index is 0. The number of carboxylic acids is 2. The molecule has 0 aromatic carbocycles. The Morgan fingerprint density at radius 1 is 0.769 bits per heavy atom. The van der Waals surface area contributed by atoms with Crippen LogP contribution in [0.3, 0.4) is 0 Å². The van der Waals surface area contributed by atoms with E-state index in [1.807, 2.05) is 0 Å². The molecule has 0 heterocycles. The summed E-state index contributed by atoms with van der Waals surface area (Å²) >= 11 is 0. The summed E-state index contributed by atoms with van der Waals surface area (Å²) in [4.78, 5) is 19.8. The molecule has 0 N–H and O–H groups in total. The van der Waals surface area contributed by atoms with Gasteiger partial charge in [0.1, 0.15) is 0 Å². The molecular weight excluding hydrogens is 297 g/mol. The minimum absolute atomic E-state index is 0. The molecule has 5 heteroatoms. The third-order valence-corrected chi connectivity index (χ3v) is 1.51. The molecule has 0 aliphatic carbocycles. The molecule has 0 spiro atoms. The number of carbonyl (C=O) groups is 2. The van der Waals surface area contributed by atoms with Gasteiger partial charge in [0, 0.05) is 11.9 Å². The molecule has 0 amide bonds. The Morgan fingerprint density at radius 3 is 1.31 bits per heavy atom. The maximum absolute atomic E-state index is 9.92. The molecule has 0 fully saturated rings. The van der Waals surface area contributed by atoms with Crippen molar-refractivity contribution in [3.05, 3.63) is 0 Å². The standard InChI is InChI=1S/C8H14O4.Ba/c9-7(10)5-3-1-2-4-6-8(11)12;/h1-6H2,(H,9,10)(H,11,12);/q;+2/p-2. The molecule has 0 saturated heterocycles. The van der Waals surface area contributed by atoms with Crippen molar-refractivity contribution in [1.82, 2.24) is 0 Å². The molecule has 0 bridgehead atoms. The van der Waals surface area contributed by atoms with E-state index in [0.717, 1.165) is 12.8 Å². The monoisotopic (exact) mass is 310 g/mol. The van der Waals surface area contributed by atoms with Crippen LogP contribution in [-0.4, -0.2) is 60.8 Å². The molecule has 0 saturated carbocycles. The van der Waals surface area contributed by atoms with Crippen molar-refractivity contribution < 1.29 is 19.8 Å². The van der Waals surface area contributed by atoms with Crippen molar-refractivity contribution in [3.63, 3.8) is 0 Å². The van der Waals surface area contributed by atoms with Gasteiger partial charge in [-0.3, -0.25) is 0 Å². The second-order valence-corrected chi connectivity index (χ2v) is 2.66. The zero-order valence-electron chi connectivity index (χ0n) is 7.58. The first-order valence-electron chi connectivity index (χ1n) is 4.02. The Morgan fingerprint density at radius 2 is 1.08 bits per heavy atom. The first-order chi connectivity index (χ1) is 5.63. The van der Waals surface area contributed by atoms with Crippen LogP contribution in [0.2, 0.25) is 0 Å². The molecule has 0 radical (unpaired) electrons. The largest absolute Gasteiger partial charge is 2.00 e. The fourth-order valence-corrected chi connectivity index (χ4v) is 0.892. The molecule has 70 valence electrons. The van der Waals surface area contributed by atoms with Crippen LogP contribution in [0.5, 0.6) is 0 Å². The zero-order chi connectivity index (χ0) is 9.40. The van der Waals surface area contributed by atoms with Gasteiger partial charge in [-0.15, -0.1) is 0 Å². The van der Waals surface area contributed by atoms with Crippen LogP contribution in [0.4, 0.5) is 0 Å². The van der Waals surface area contributed by atoms with Crippen molar-refractivity contribution in [2.24, 2.45) is 0 Å². The van der Waals surface area contributed by atoms with Crippen LogP contribution in [0.15, 0.2) is 0 Å². The minimum atomic E-state index is -1.05. The van der Waals surface area contributed by atoms with E-state index in [-0.39, 0.29) is 61.7 Å². The maximum Gasteiger partial charge on any atom is 2.00 e. The molecule has 0 unspecified atom stereocenters. The van der Waals surface area contributed by atoms with Gasteiger partial charge < -0.3 is 19.8 Å². The Bertz CT molecular complexity index is 140. The normalized spacial score (nSPS) is 8.92. The van der Waals surface area contributed by atoms with Crippen LogP contribution in [0.1, 0.15) is 38.5 Å². The minimum Gasteiger partial charge on any atom is -0.550 e. The van der Waals surface area contributed by atoms with Crippen molar-refractivity contribution in [3.8, 4) is 0 Å². The van der Waals surface area contributed by atoms with Gasteiger partial charge in [-0.05, 0) is 25.7 Å². The van der Waals surface area contributed by atoms with E-state index in [9.17, 15) is 19.8 Å². The summed E-state index contributed by atoms with van der Waals surface area (Å²) in [6, 6.07) is 0. The number of carboxylic acid groups (broad SMARTS) is 2. The topological polar surface area (TPSA) is 80.3 Å². The van der Waals surface area contributed by atoms with Crippen molar-refractivity contribution in [2.45, 2.75) is 38.5 Å². The summed E-state index contributed by atoms with van der Waals surface area (Å²) in [6.45, 7) is 0. The third kappa shape index (κ3) is 15.3. The van der Waals surface area contributed by atoms with Crippen LogP contribution in [-0.2, 0) is 9.59 Å². The van der Waals surface area contributed by atoms with Crippen LogP contribution in [0.25, 0.3) is 0 Å². The molecule has 0 aromatic heterocycles. The SMILES string of the molecule is O=C([O-])CCCCCCC(=O)[O-].[Ba+2]. The summed E-state index contributed by atoms with van der Waals surface area (Å²) in [6.07, 6.45) is 2.73. The predicted molar refractivity (Wildman–Crippen MR) is 43.5 cm³/mol. The Kier molecular flexibility index (Phi) is 13.0. The Hall–Kier alpha value is 0.511. The summed E-state index contributed by atoms with van der Waals surface area (Å²) in [5.74, 6) is -2.09. The van der Waals surface area contributed by atoms with Crippen LogP contribution < -0.4 is 10.2 Å². The molecule has 0 aliphatic heterocycles. The van der Waals surface area contributed by atoms with Gasteiger partial charge in [-0.25, -0.2) is 0 Å². The van der Waals surface area contributed by atoms with E-state index in [2.05, 4.69) is 0 Å². The van der Waals surface area contributed by atoms with Gasteiger partial charge in [0.05, 0.1) is 0 Å². The van der Waals surface area contributed by atoms with E-state index >= 15 is 0 Å². The number of rotatable bonds is 7. The van der Waals surface area contributed by atoms with Gasteiger partial charge in [0.15, 0.2) is 0 Å². The average molecular weight is 310 g/mol. The van der Waals surface area contributed by atoms with Crippen molar-refractivity contribution in [2.75, 3.05) is 0 Å². The quantitative estimate of drug-likeness (QED) is 0.421. The van der Waals surface area contributed by atoms with Crippen molar-refractivity contribution in [1.29, 1.82) is 0 Å². The maximum atomic E-state index is 9.92. The van der Waals surface area contributed by atoms with Crippen molar-refractivity contribution >= 4 is 60.8 Å². The molecule has 4 nitrogen and oxygen atoms in total. The summed E-state index contributed by atoms with van der Waals surface area (Å²) in [7, 11) is 0. The molecule has 0 atom stereocenters. The van der Waals surface area contributed by atoms with Crippen LogP contribution in [0, 0.1) is 0 Å². The fraction of sp³-hybridized carbons (Fsp3) is 0.750. The van der Waals surface area contributed by atoms with E-state index < -0.39 is 11.9 Å². The Labute approximate surface area is 118 Å². The summed E-state index contributed by atoms with van der Waals surface area (Å²) in [5.41, 5.74) is 0. The first kappa shape index (κ1) is 16.0. The van der Waals surface area contributed by atoms with Crippen LogP contribution >= 0.6 is 0 Å². The first-order valence-corrected chi connectivity index (χ1v) is 4.02. The predicted octanol–water partition coefficient (Wildman–Crippen LogP) is -1.55. The van der Waals surface area contributed by atoms with Gasteiger partial charge in [-0.1, -0.05) is 12.8 Å². The van der Waals surface area contributed by atoms with Gasteiger partial charge in [0.2, 0.25) is 0 Å². The third-order valence-electron chi connectivity index (χ3n) is 1.51. The fourth-order valence-electron chi connectivity index (χ4n) is 0.892. The van der Waals surface area contributed by atoms with Gasteiger partial charge in [-0.2, -0.15) is 0 Å². The number of aliphatic carboxylic acids is 2. The smallest absolute Gasteiger partial charge is 0.550 e. The van der Waals surface area contributed by atoms with E-state index in [1.165, 1.54) is 0 Å². The summed E-state index contributed by atoms with van der Waals surface area (Å²) in [5, 5.41) is 19.8. The second kappa shape index (κ2) is 10.6. The molecular formula is C8H12BaO4. The zero-order valence-corrected chi connectivity index (χ0v) is 12.0. The molecule has 0 rings (SSSR count). The number of hydrogen-bond acceptors (Lipinski definition) is 4. The number of hydrogen-bond donors (Lipinski definition) is 0. The van der Waals surface area contributed by atoms with E-state index in [4.69, 9.17) is 0 Å². The van der Waals surface area contributed by atoms with E-state index in [1.54, 1.807) is 0 Å². The van der Waals surface area contributed by atoms with Gasteiger partial charge in [0.25, 0.3) is 0 Å². The number of unbranched alkanes of at least 4 members (excludes halogenated alkanes) is 3. The van der Waals surface area contributed by atoms with E-state index in [0.29, 0.717) is 12.8 Å². The second-order valence-electron chi connectivity index (χ2n) is 2.66. The summed E-state index contributed by atoms with van der Waals surface area (Å²) < 4.78 is 0. The molecule has 13 heavy (non-hydrogen) atoms. The average Bonchev–Trinajstić information content (AvgIpc) is 1.95. The number of carbonyl (C=O) groups excluding carboxylic acids is 2. The molecule has 0 aliphatic rings. The van der Waals surface area contributed by atoms with Gasteiger partial charge >= 0.3 is 48.9 Å².